The molecule has 0 spiro atoms. The highest BCUT2D eigenvalue weighted by atomic mass is 31.2. The maximum Gasteiger partial charge on any atom is 0.0840 e. The Hall–Kier alpha value is -1.91. The minimum atomic E-state index is -0.827. The second-order valence-electron chi connectivity index (χ2n) is 10.4. The van der Waals surface area contributed by atoms with Crippen LogP contribution in [0, 0.1) is 0 Å². The van der Waals surface area contributed by atoms with Gasteiger partial charge in [-0.15, -0.1) is 0 Å². The van der Waals surface area contributed by atoms with Crippen LogP contribution in [0.1, 0.15) is 93.4 Å². The zero-order chi connectivity index (χ0) is 24.4. The van der Waals surface area contributed by atoms with Crippen LogP contribution in [0.4, 0.5) is 0 Å². The summed E-state index contributed by atoms with van der Waals surface area (Å²) in [6, 6.07) is 32.2. The highest BCUT2D eigenvalue weighted by Gasteiger charge is 2.27. The molecule has 0 saturated carbocycles. The van der Waals surface area contributed by atoms with Crippen LogP contribution in [0.3, 0.4) is 0 Å². The first-order chi connectivity index (χ1) is 16.5. The monoisotopic (exact) mass is 473 g/mol. The lowest BCUT2D eigenvalue weighted by molar-refractivity contribution is 0.450. The second kappa shape index (κ2) is 13.3. The largest absolute Gasteiger partial charge is 0.0840 e. The summed E-state index contributed by atoms with van der Waals surface area (Å²) in [5.74, 6) is 1.78. The third-order valence-corrected chi connectivity index (χ3v) is 12.4. The summed E-state index contributed by atoms with van der Waals surface area (Å²) in [7, 11) is -0.827. The molecule has 0 aliphatic heterocycles. The highest BCUT2D eigenvalue weighted by Crippen LogP contribution is 2.57. The zero-order valence-electron chi connectivity index (χ0n) is 22.2. The molecular formula is C33H46P+. The van der Waals surface area contributed by atoms with Crippen molar-refractivity contribution < 1.29 is 0 Å². The summed E-state index contributed by atoms with van der Waals surface area (Å²) in [6.45, 7) is 12.0. The lowest BCUT2D eigenvalue weighted by Gasteiger charge is -2.28. The third kappa shape index (κ3) is 7.29. The Kier molecular flexibility index (Phi) is 10.4. The smallest absolute Gasteiger partial charge is 0.0648 e. The molecule has 0 radical (unpaired) electrons. The van der Waals surface area contributed by atoms with Crippen molar-refractivity contribution >= 4 is 7.26 Å². The van der Waals surface area contributed by atoms with Gasteiger partial charge in [0.05, 0.1) is 18.5 Å². The van der Waals surface area contributed by atoms with E-state index in [1.165, 1.54) is 66.4 Å². The molecule has 0 aliphatic carbocycles. The molecule has 34 heavy (non-hydrogen) atoms. The van der Waals surface area contributed by atoms with Gasteiger partial charge in [-0.25, -0.2) is 0 Å². The molecule has 0 heterocycles. The minimum Gasteiger partial charge on any atom is -0.0648 e. The van der Waals surface area contributed by atoms with Gasteiger partial charge in [0.1, 0.15) is 0 Å². The summed E-state index contributed by atoms with van der Waals surface area (Å²) in [5, 5.41) is 0. The summed E-state index contributed by atoms with van der Waals surface area (Å²) >= 11 is 0. The van der Waals surface area contributed by atoms with Crippen LogP contribution in [-0.4, -0.2) is 19.0 Å². The van der Waals surface area contributed by atoms with Crippen LogP contribution in [0.25, 0.3) is 0 Å². The second-order valence-corrected chi connectivity index (χ2v) is 15.2. The molecule has 3 rings (SSSR count). The van der Waals surface area contributed by atoms with Crippen LogP contribution in [-0.2, 0) is 6.16 Å². The Morgan fingerprint density at radius 2 is 0.941 bits per heavy atom. The van der Waals surface area contributed by atoms with Crippen molar-refractivity contribution in [2.75, 3.05) is 19.0 Å². The van der Waals surface area contributed by atoms with E-state index in [4.69, 9.17) is 0 Å². The van der Waals surface area contributed by atoms with Gasteiger partial charge in [0.2, 0.25) is 0 Å². The topological polar surface area (TPSA) is 0 Å². The van der Waals surface area contributed by atoms with Gasteiger partial charge in [-0.3, -0.25) is 0 Å². The molecule has 1 heteroatoms. The predicted molar refractivity (Wildman–Crippen MR) is 155 cm³/mol. The number of rotatable bonds is 13. The fraction of sp³-hybridized carbons (Fsp3) is 0.455. The standard InChI is InChI=1S/C33H46P/c1-6-28(30-16-12-10-13-17-30)24-33(25-29(7-2)31-18-14-11-15-19-31)32-22-20-27(21-23-32)26-34(5,8-3)9-4/h10-23,28-29,33H,6-9,24-26H2,1-5H3/q+1. The van der Waals surface area contributed by atoms with Gasteiger partial charge in [-0.2, -0.15) is 0 Å². The quantitative estimate of drug-likeness (QED) is 0.217. The number of benzene rings is 3. The maximum atomic E-state index is 2.54. The Bertz CT molecular complexity index is 891. The van der Waals surface area contributed by atoms with Gasteiger partial charge in [0.25, 0.3) is 0 Å². The van der Waals surface area contributed by atoms with Crippen LogP contribution in [0.15, 0.2) is 84.9 Å². The molecule has 0 aliphatic rings. The van der Waals surface area contributed by atoms with Crippen molar-refractivity contribution in [1.29, 1.82) is 0 Å². The molecule has 0 nitrogen and oxygen atoms in total. The Morgan fingerprint density at radius 3 is 1.32 bits per heavy atom. The SMILES string of the molecule is CCC(CC(CC(CC)c1ccccc1)c1ccc(C[P+](C)(CC)CC)cc1)c1ccccc1. The normalized spacial score (nSPS) is 14.5. The van der Waals surface area contributed by atoms with Crippen molar-refractivity contribution in [3.8, 4) is 0 Å². The van der Waals surface area contributed by atoms with Gasteiger partial charge in [-0.05, 0) is 79.5 Å². The van der Waals surface area contributed by atoms with E-state index in [0.29, 0.717) is 17.8 Å². The van der Waals surface area contributed by atoms with E-state index >= 15 is 0 Å². The van der Waals surface area contributed by atoms with Crippen LogP contribution in [0.5, 0.6) is 0 Å². The molecule has 182 valence electrons. The molecule has 0 aromatic heterocycles. The molecule has 3 aromatic rings. The van der Waals surface area contributed by atoms with E-state index in [9.17, 15) is 0 Å². The average Bonchev–Trinajstić information content (AvgIpc) is 2.90. The average molecular weight is 474 g/mol. The number of hydrogen-bond acceptors (Lipinski definition) is 0. The Morgan fingerprint density at radius 1 is 0.529 bits per heavy atom. The van der Waals surface area contributed by atoms with E-state index in [1.54, 1.807) is 0 Å². The first kappa shape index (κ1) is 26.7. The molecule has 0 saturated heterocycles. The summed E-state index contributed by atoms with van der Waals surface area (Å²) in [5.41, 5.74) is 6.05. The highest BCUT2D eigenvalue weighted by molar-refractivity contribution is 7.74. The fourth-order valence-corrected chi connectivity index (χ4v) is 7.35. The molecule has 2 atom stereocenters. The van der Waals surface area contributed by atoms with Crippen LogP contribution >= 0.6 is 7.26 Å². The zero-order valence-corrected chi connectivity index (χ0v) is 23.1. The van der Waals surface area contributed by atoms with E-state index in [-0.39, 0.29) is 0 Å². The van der Waals surface area contributed by atoms with E-state index in [1.807, 2.05) is 0 Å². The predicted octanol–water partition coefficient (Wildman–Crippen LogP) is 10.1. The van der Waals surface area contributed by atoms with E-state index < -0.39 is 7.26 Å². The van der Waals surface area contributed by atoms with Crippen molar-refractivity contribution in [3.63, 3.8) is 0 Å². The van der Waals surface area contributed by atoms with E-state index in [0.717, 1.165) is 0 Å². The minimum absolute atomic E-state index is 0.572. The lowest BCUT2D eigenvalue weighted by atomic mass is 9.77. The van der Waals surface area contributed by atoms with Crippen molar-refractivity contribution in [1.82, 2.24) is 0 Å². The van der Waals surface area contributed by atoms with Crippen LogP contribution in [0.2, 0.25) is 0 Å². The van der Waals surface area contributed by atoms with Gasteiger partial charge < -0.3 is 0 Å². The molecular weight excluding hydrogens is 427 g/mol. The first-order valence-corrected chi connectivity index (χ1v) is 16.3. The van der Waals surface area contributed by atoms with Gasteiger partial charge >= 0.3 is 0 Å². The van der Waals surface area contributed by atoms with Gasteiger partial charge in [0, 0.05) is 13.9 Å². The first-order valence-electron chi connectivity index (χ1n) is 13.5. The molecule has 0 fully saturated rings. The summed E-state index contributed by atoms with van der Waals surface area (Å²) < 4.78 is 0. The number of hydrogen-bond donors (Lipinski definition) is 0. The van der Waals surface area contributed by atoms with Gasteiger partial charge in [0.15, 0.2) is 0 Å². The molecule has 0 amide bonds. The van der Waals surface area contributed by atoms with Crippen LogP contribution < -0.4 is 0 Å². The van der Waals surface area contributed by atoms with Gasteiger partial charge in [-0.1, -0.05) is 98.8 Å². The Labute approximate surface area is 210 Å². The lowest BCUT2D eigenvalue weighted by Crippen LogP contribution is -2.11. The van der Waals surface area contributed by atoms with Crippen molar-refractivity contribution in [3.05, 3.63) is 107 Å². The maximum absolute atomic E-state index is 2.54. The third-order valence-electron chi connectivity index (χ3n) is 8.21. The summed E-state index contributed by atoms with van der Waals surface area (Å²) in [4.78, 5) is 0. The van der Waals surface area contributed by atoms with E-state index in [2.05, 4.69) is 119 Å². The molecule has 0 N–H and O–H groups in total. The Balaban J connectivity index is 1.87. The molecule has 3 aromatic carbocycles. The fourth-order valence-electron chi connectivity index (χ4n) is 5.37. The molecule has 2 unspecified atom stereocenters. The summed E-state index contributed by atoms with van der Waals surface area (Å²) in [6.07, 6.45) is 8.80. The van der Waals surface area contributed by atoms with Crippen molar-refractivity contribution in [2.45, 2.75) is 77.3 Å². The van der Waals surface area contributed by atoms with Crippen molar-refractivity contribution in [2.24, 2.45) is 0 Å². The molecule has 0 bridgehead atoms.